The van der Waals surface area contributed by atoms with Gasteiger partial charge in [0.25, 0.3) is 0 Å². The number of urea groups is 1. The number of esters is 1. The van der Waals surface area contributed by atoms with E-state index in [0.29, 0.717) is 17.9 Å². The summed E-state index contributed by atoms with van der Waals surface area (Å²) < 4.78 is 5.51. The molecule has 1 unspecified atom stereocenters. The van der Waals surface area contributed by atoms with E-state index < -0.39 is 12.0 Å². The molecule has 0 radical (unpaired) electrons. The number of carbonyl (C=O) groups excluding carboxylic acids is 2. The minimum atomic E-state index is -0.583. The van der Waals surface area contributed by atoms with Crippen LogP contribution >= 0.6 is 0 Å². The highest BCUT2D eigenvalue weighted by atomic mass is 16.5. The Morgan fingerprint density at radius 2 is 2.00 bits per heavy atom. The van der Waals surface area contributed by atoms with Gasteiger partial charge in [-0.25, -0.2) is 14.6 Å². The van der Waals surface area contributed by atoms with Crippen LogP contribution in [-0.2, 0) is 9.53 Å². The second-order valence-corrected chi connectivity index (χ2v) is 8.15. The fourth-order valence-corrected chi connectivity index (χ4v) is 3.16. The second-order valence-electron chi connectivity index (χ2n) is 8.15. The van der Waals surface area contributed by atoms with Crippen LogP contribution in [0.2, 0.25) is 0 Å². The molecule has 27 heavy (non-hydrogen) atoms. The fourth-order valence-electron chi connectivity index (χ4n) is 3.16. The number of allylic oxidation sites excluding steroid dienone is 1. The van der Waals surface area contributed by atoms with Crippen molar-refractivity contribution in [3.05, 3.63) is 40.9 Å². The Morgan fingerprint density at radius 1 is 1.26 bits per heavy atom. The summed E-state index contributed by atoms with van der Waals surface area (Å²) in [4.78, 5) is 32.2. The third-order valence-corrected chi connectivity index (χ3v) is 4.66. The second kappa shape index (κ2) is 7.06. The lowest BCUT2D eigenvalue weighted by Crippen LogP contribution is -2.45. The standard InChI is InChI=1S/C20H26N4O3/c1-11-8-13(9-14-16(11)22-10-21-14)17-15(12(2)23-19(26)24-17)18(25)27-7-6-20(3,4)5/h8-10,17H,6-7H2,1-5H3,(H,21,22)(H2,23,24,26). The maximum Gasteiger partial charge on any atom is 0.338 e. The summed E-state index contributed by atoms with van der Waals surface area (Å²) in [6.45, 7) is 10.3. The van der Waals surface area contributed by atoms with Gasteiger partial charge in [0.05, 0.1) is 35.6 Å². The van der Waals surface area contributed by atoms with Crippen LogP contribution in [0.3, 0.4) is 0 Å². The Kier molecular flexibility index (Phi) is 4.95. The van der Waals surface area contributed by atoms with Gasteiger partial charge in [0.1, 0.15) is 0 Å². The van der Waals surface area contributed by atoms with Crippen molar-refractivity contribution in [1.82, 2.24) is 20.6 Å². The molecule has 3 N–H and O–H groups in total. The largest absolute Gasteiger partial charge is 0.462 e. The number of hydrogen-bond donors (Lipinski definition) is 3. The van der Waals surface area contributed by atoms with Gasteiger partial charge >= 0.3 is 12.0 Å². The Morgan fingerprint density at radius 3 is 2.70 bits per heavy atom. The first-order valence-electron chi connectivity index (χ1n) is 9.05. The summed E-state index contributed by atoms with van der Waals surface area (Å²) in [5.74, 6) is -0.422. The number of amides is 2. The minimum absolute atomic E-state index is 0.0736. The van der Waals surface area contributed by atoms with Crippen molar-refractivity contribution in [2.24, 2.45) is 5.41 Å². The van der Waals surface area contributed by atoms with Crippen molar-refractivity contribution in [2.75, 3.05) is 6.61 Å². The van der Waals surface area contributed by atoms with Crippen LogP contribution in [0, 0.1) is 12.3 Å². The molecule has 1 aliphatic heterocycles. The molecule has 0 saturated heterocycles. The van der Waals surface area contributed by atoms with Crippen molar-refractivity contribution in [2.45, 2.75) is 47.1 Å². The van der Waals surface area contributed by atoms with Gasteiger partial charge in [-0.2, -0.15) is 0 Å². The van der Waals surface area contributed by atoms with Crippen molar-refractivity contribution in [3.63, 3.8) is 0 Å². The van der Waals surface area contributed by atoms with Crippen molar-refractivity contribution in [3.8, 4) is 0 Å². The van der Waals surface area contributed by atoms with Crippen LogP contribution in [0.1, 0.15) is 51.3 Å². The lowest BCUT2D eigenvalue weighted by molar-refractivity contribution is -0.140. The zero-order chi connectivity index (χ0) is 19.8. The van der Waals surface area contributed by atoms with Gasteiger partial charge in [-0.05, 0) is 42.9 Å². The number of benzene rings is 1. The molecule has 0 aliphatic carbocycles. The zero-order valence-electron chi connectivity index (χ0n) is 16.4. The monoisotopic (exact) mass is 370 g/mol. The Balaban J connectivity index is 1.92. The summed E-state index contributed by atoms with van der Waals surface area (Å²) in [5.41, 5.74) is 4.51. The van der Waals surface area contributed by atoms with Gasteiger partial charge in [-0.1, -0.05) is 26.8 Å². The molecule has 0 fully saturated rings. The van der Waals surface area contributed by atoms with E-state index in [2.05, 4.69) is 41.4 Å². The summed E-state index contributed by atoms with van der Waals surface area (Å²) >= 11 is 0. The first kappa shape index (κ1) is 18.9. The predicted octanol–water partition coefficient (Wildman–Crippen LogP) is 3.48. The number of hydrogen-bond acceptors (Lipinski definition) is 4. The van der Waals surface area contributed by atoms with E-state index in [1.165, 1.54) is 0 Å². The van der Waals surface area contributed by atoms with Gasteiger partial charge < -0.3 is 20.4 Å². The number of aromatic nitrogens is 2. The quantitative estimate of drug-likeness (QED) is 0.718. The molecule has 7 nitrogen and oxygen atoms in total. The fraction of sp³-hybridized carbons (Fsp3) is 0.450. The molecule has 2 heterocycles. The number of carbonyl (C=O) groups is 2. The highest BCUT2D eigenvalue weighted by Crippen LogP contribution is 2.30. The van der Waals surface area contributed by atoms with E-state index in [1.54, 1.807) is 13.3 Å². The molecule has 1 aromatic carbocycles. The molecule has 144 valence electrons. The van der Waals surface area contributed by atoms with E-state index in [1.807, 2.05) is 19.1 Å². The number of imidazole rings is 1. The van der Waals surface area contributed by atoms with E-state index >= 15 is 0 Å². The lowest BCUT2D eigenvalue weighted by Gasteiger charge is -2.28. The summed E-state index contributed by atoms with van der Waals surface area (Å²) in [6.07, 6.45) is 2.39. The molecule has 7 heteroatoms. The molecule has 0 bridgehead atoms. The van der Waals surface area contributed by atoms with Gasteiger partial charge in [0.2, 0.25) is 0 Å². The highest BCUT2D eigenvalue weighted by Gasteiger charge is 2.32. The van der Waals surface area contributed by atoms with Crippen LogP contribution in [0.4, 0.5) is 4.79 Å². The zero-order valence-corrected chi connectivity index (χ0v) is 16.4. The maximum absolute atomic E-state index is 12.8. The molecule has 3 rings (SSSR count). The van der Waals surface area contributed by atoms with Crippen LogP contribution < -0.4 is 10.6 Å². The topological polar surface area (TPSA) is 96.1 Å². The molecular formula is C20H26N4O3. The normalized spacial score (nSPS) is 17.7. The number of nitrogens with zero attached hydrogens (tertiary/aromatic N) is 1. The van der Waals surface area contributed by atoms with Crippen molar-refractivity contribution >= 4 is 23.0 Å². The van der Waals surface area contributed by atoms with E-state index in [-0.39, 0.29) is 11.4 Å². The maximum atomic E-state index is 12.8. The average Bonchev–Trinajstić information content (AvgIpc) is 3.01. The molecule has 2 amide bonds. The first-order valence-corrected chi connectivity index (χ1v) is 9.05. The number of aryl methyl sites for hydroxylation is 1. The van der Waals surface area contributed by atoms with Gasteiger partial charge in [0.15, 0.2) is 0 Å². The number of H-pyrrole nitrogens is 1. The molecular weight excluding hydrogens is 344 g/mol. The summed E-state index contributed by atoms with van der Waals surface area (Å²) in [7, 11) is 0. The van der Waals surface area contributed by atoms with Crippen LogP contribution in [0.5, 0.6) is 0 Å². The van der Waals surface area contributed by atoms with Crippen LogP contribution in [-0.4, -0.2) is 28.6 Å². The average molecular weight is 370 g/mol. The molecule has 0 spiro atoms. The van der Waals surface area contributed by atoms with Crippen LogP contribution in [0.15, 0.2) is 29.7 Å². The summed E-state index contributed by atoms with van der Waals surface area (Å²) in [5, 5.41) is 5.51. The number of ether oxygens (including phenoxy) is 1. The SMILES string of the molecule is CC1=C(C(=O)OCCC(C)(C)C)C(c2cc(C)c3[nH]cnc3c2)NC(=O)N1. The van der Waals surface area contributed by atoms with E-state index in [0.717, 1.165) is 28.6 Å². The highest BCUT2D eigenvalue weighted by molar-refractivity contribution is 5.95. The van der Waals surface area contributed by atoms with E-state index in [4.69, 9.17) is 4.74 Å². The Hall–Kier alpha value is -2.83. The molecule has 1 aliphatic rings. The minimum Gasteiger partial charge on any atom is -0.462 e. The first-order chi connectivity index (χ1) is 12.7. The third-order valence-electron chi connectivity index (χ3n) is 4.66. The predicted molar refractivity (Wildman–Crippen MR) is 103 cm³/mol. The van der Waals surface area contributed by atoms with Crippen molar-refractivity contribution < 1.29 is 14.3 Å². The Labute approximate surface area is 158 Å². The van der Waals surface area contributed by atoms with Crippen LogP contribution in [0.25, 0.3) is 11.0 Å². The van der Waals surface area contributed by atoms with E-state index in [9.17, 15) is 9.59 Å². The number of fused-ring (bicyclic) bond motifs is 1. The molecule has 2 aromatic rings. The molecule has 1 aromatic heterocycles. The molecule has 0 saturated carbocycles. The van der Waals surface area contributed by atoms with Gasteiger partial charge in [0, 0.05) is 5.70 Å². The number of rotatable bonds is 4. The molecule has 1 atom stereocenters. The number of nitrogens with one attached hydrogen (secondary N) is 3. The summed E-state index contributed by atoms with van der Waals surface area (Å²) in [6, 6.07) is 2.90. The smallest absolute Gasteiger partial charge is 0.338 e. The van der Waals surface area contributed by atoms with Crippen molar-refractivity contribution in [1.29, 1.82) is 0 Å². The lowest BCUT2D eigenvalue weighted by atomic mass is 9.92. The third kappa shape index (κ3) is 4.13. The Bertz CT molecular complexity index is 921. The number of aromatic amines is 1. The van der Waals surface area contributed by atoms with Gasteiger partial charge in [-0.3, -0.25) is 0 Å². The van der Waals surface area contributed by atoms with Gasteiger partial charge in [-0.15, -0.1) is 0 Å².